The van der Waals surface area contributed by atoms with Crippen LogP contribution in [0.2, 0.25) is 5.02 Å². The molecule has 0 aliphatic carbocycles. The standard InChI is InChI=1S/C13H19ClN2/c1-2-3-4-9-13(15)16-10-11-7-5-6-8-12(11)14/h5-8H,2-4,9-10H2,1H3,(H2,15,16). The number of halogens is 1. The van der Waals surface area contributed by atoms with E-state index in [0.29, 0.717) is 6.54 Å². The van der Waals surface area contributed by atoms with Crippen LogP contribution in [0.5, 0.6) is 0 Å². The number of nitrogens with two attached hydrogens (primary N) is 1. The molecule has 2 nitrogen and oxygen atoms in total. The average Bonchev–Trinajstić information content (AvgIpc) is 2.28. The summed E-state index contributed by atoms with van der Waals surface area (Å²) in [5.74, 6) is 0.730. The van der Waals surface area contributed by atoms with Crippen molar-refractivity contribution in [1.82, 2.24) is 0 Å². The highest BCUT2D eigenvalue weighted by Gasteiger charge is 1.98. The summed E-state index contributed by atoms with van der Waals surface area (Å²) in [4.78, 5) is 4.34. The minimum absolute atomic E-state index is 0.581. The number of amidine groups is 1. The van der Waals surface area contributed by atoms with Gasteiger partial charge in [0.2, 0.25) is 0 Å². The Morgan fingerprint density at radius 2 is 2.06 bits per heavy atom. The second kappa shape index (κ2) is 7.29. The molecule has 0 radical (unpaired) electrons. The first kappa shape index (κ1) is 13.0. The molecule has 0 spiro atoms. The molecule has 1 aromatic carbocycles. The Balaban J connectivity index is 2.43. The van der Waals surface area contributed by atoms with E-state index in [2.05, 4.69) is 11.9 Å². The van der Waals surface area contributed by atoms with Crippen LogP contribution in [0.15, 0.2) is 29.3 Å². The van der Waals surface area contributed by atoms with Gasteiger partial charge in [-0.05, 0) is 18.1 Å². The molecule has 0 fully saturated rings. The molecule has 0 aliphatic heterocycles. The number of unbranched alkanes of at least 4 members (excludes halogenated alkanes) is 2. The molecule has 0 unspecified atom stereocenters. The minimum atomic E-state index is 0.581. The van der Waals surface area contributed by atoms with E-state index in [1.54, 1.807) is 0 Å². The molecule has 1 rings (SSSR count). The number of benzene rings is 1. The zero-order chi connectivity index (χ0) is 11.8. The Kier molecular flexibility index (Phi) is 5.94. The summed E-state index contributed by atoms with van der Waals surface area (Å²) < 4.78 is 0. The zero-order valence-corrected chi connectivity index (χ0v) is 10.5. The number of nitrogens with zero attached hydrogens (tertiary/aromatic N) is 1. The van der Waals surface area contributed by atoms with Crippen LogP contribution in [0.4, 0.5) is 0 Å². The molecule has 0 aromatic heterocycles. The van der Waals surface area contributed by atoms with Crippen LogP contribution in [-0.2, 0) is 6.54 Å². The van der Waals surface area contributed by atoms with Crippen molar-refractivity contribution < 1.29 is 0 Å². The highest BCUT2D eigenvalue weighted by Crippen LogP contribution is 2.15. The van der Waals surface area contributed by atoms with E-state index >= 15 is 0 Å². The zero-order valence-electron chi connectivity index (χ0n) is 9.75. The minimum Gasteiger partial charge on any atom is -0.387 e. The van der Waals surface area contributed by atoms with Crippen molar-refractivity contribution in [2.45, 2.75) is 39.2 Å². The molecular weight excluding hydrogens is 220 g/mol. The predicted molar refractivity (Wildman–Crippen MR) is 70.9 cm³/mol. The van der Waals surface area contributed by atoms with Gasteiger partial charge in [0.05, 0.1) is 12.4 Å². The van der Waals surface area contributed by atoms with Gasteiger partial charge in [-0.2, -0.15) is 0 Å². The third kappa shape index (κ3) is 4.67. The normalized spacial score (nSPS) is 11.8. The van der Waals surface area contributed by atoms with Crippen molar-refractivity contribution in [3.63, 3.8) is 0 Å². The molecule has 0 saturated carbocycles. The van der Waals surface area contributed by atoms with Crippen LogP contribution < -0.4 is 5.73 Å². The van der Waals surface area contributed by atoms with Crippen molar-refractivity contribution >= 4 is 17.4 Å². The fourth-order valence-electron chi connectivity index (χ4n) is 1.45. The Morgan fingerprint density at radius 3 is 2.75 bits per heavy atom. The highest BCUT2D eigenvalue weighted by atomic mass is 35.5. The van der Waals surface area contributed by atoms with Crippen LogP contribution >= 0.6 is 11.6 Å². The van der Waals surface area contributed by atoms with Gasteiger partial charge in [0.1, 0.15) is 0 Å². The molecule has 16 heavy (non-hydrogen) atoms. The highest BCUT2D eigenvalue weighted by molar-refractivity contribution is 6.31. The lowest BCUT2D eigenvalue weighted by atomic mass is 10.2. The van der Waals surface area contributed by atoms with E-state index in [-0.39, 0.29) is 0 Å². The summed E-state index contributed by atoms with van der Waals surface area (Å²) >= 11 is 6.02. The van der Waals surface area contributed by atoms with Crippen molar-refractivity contribution in [2.75, 3.05) is 0 Å². The third-order valence-electron chi connectivity index (χ3n) is 2.45. The third-order valence-corrected chi connectivity index (χ3v) is 2.82. The molecule has 0 heterocycles. The van der Waals surface area contributed by atoms with Gasteiger partial charge in [-0.25, -0.2) is 0 Å². The van der Waals surface area contributed by atoms with Gasteiger partial charge in [0.25, 0.3) is 0 Å². The lowest BCUT2D eigenvalue weighted by Gasteiger charge is -2.02. The number of hydrogen-bond donors (Lipinski definition) is 1. The quantitative estimate of drug-likeness (QED) is 0.457. The topological polar surface area (TPSA) is 38.4 Å². The van der Waals surface area contributed by atoms with Crippen molar-refractivity contribution in [3.05, 3.63) is 34.9 Å². The van der Waals surface area contributed by atoms with Gasteiger partial charge in [0, 0.05) is 11.4 Å². The Labute approximate surface area is 103 Å². The fraction of sp³-hybridized carbons (Fsp3) is 0.462. The number of rotatable bonds is 6. The van der Waals surface area contributed by atoms with Gasteiger partial charge in [-0.15, -0.1) is 0 Å². The first-order valence-electron chi connectivity index (χ1n) is 5.76. The summed E-state index contributed by atoms with van der Waals surface area (Å²) in [6, 6.07) is 7.73. The van der Waals surface area contributed by atoms with E-state index in [4.69, 9.17) is 17.3 Å². The molecule has 0 atom stereocenters. The van der Waals surface area contributed by atoms with Gasteiger partial charge >= 0.3 is 0 Å². The van der Waals surface area contributed by atoms with E-state index in [0.717, 1.165) is 29.3 Å². The summed E-state index contributed by atoms with van der Waals surface area (Å²) in [7, 11) is 0. The van der Waals surface area contributed by atoms with Crippen LogP contribution in [0.3, 0.4) is 0 Å². The van der Waals surface area contributed by atoms with E-state index in [9.17, 15) is 0 Å². The van der Waals surface area contributed by atoms with Gasteiger partial charge in [-0.1, -0.05) is 49.6 Å². The monoisotopic (exact) mass is 238 g/mol. The lowest BCUT2D eigenvalue weighted by molar-refractivity contribution is 0.738. The van der Waals surface area contributed by atoms with Crippen LogP contribution in [0.25, 0.3) is 0 Å². The maximum Gasteiger partial charge on any atom is 0.0941 e. The van der Waals surface area contributed by atoms with Crippen LogP contribution in [0.1, 0.15) is 38.2 Å². The van der Waals surface area contributed by atoms with E-state index in [1.807, 2.05) is 24.3 Å². The molecule has 0 amide bonds. The summed E-state index contributed by atoms with van der Waals surface area (Å²) in [5.41, 5.74) is 6.85. The van der Waals surface area contributed by atoms with Gasteiger partial charge in [0.15, 0.2) is 0 Å². The lowest BCUT2D eigenvalue weighted by Crippen LogP contribution is -2.11. The second-order valence-electron chi connectivity index (χ2n) is 3.86. The SMILES string of the molecule is CCCCCC(N)=NCc1ccccc1Cl. The van der Waals surface area contributed by atoms with Crippen molar-refractivity contribution in [2.24, 2.45) is 10.7 Å². The summed E-state index contributed by atoms with van der Waals surface area (Å²) in [5, 5.41) is 0.757. The Morgan fingerprint density at radius 1 is 1.31 bits per heavy atom. The summed E-state index contributed by atoms with van der Waals surface area (Å²) in [6.45, 7) is 2.76. The molecule has 0 bridgehead atoms. The maximum absolute atomic E-state index is 6.02. The number of hydrogen-bond acceptors (Lipinski definition) is 1. The smallest absolute Gasteiger partial charge is 0.0941 e. The van der Waals surface area contributed by atoms with Gasteiger partial charge < -0.3 is 5.73 Å². The molecule has 88 valence electrons. The second-order valence-corrected chi connectivity index (χ2v) is 4.26. The fourth-order valence-corrected chi connectivity index (χ4v) is 1.64. The Hall–Kier alpha value is -1.02. The van der Waals surface area contributed by atoms with Gasteiger partial charge in [-0.3, -0.25) is 4.99 Å². The predicted octanol–water partition coefficient (Wildman–Crippen LogP) is 3.78. The molecule has 0 aliphatic rings. The van der Waals surface area contributed by atoms with Crippen LogP contribution in [0, 0.1) is 0 Å². The molecule has 3 heteroatoms. The van der Waals surface area contributed by atoms with Crippen molar-refractivity contribution in [3.8, 4) is 0 Å². The molecular formula is C13H19ClN2. The first-order valence-corrected chi connectivity index (χ1v) is 6.14. The Bertz CT molecular complexity index is 348. The summed E-state index contributed by atoms with van der Waals surface area (Å²) in [6.07, 6.45) is 4.42. The maximum atomic E-state index is 6.02. The molecule has 1 aromatic rings. The molecule has 0 saturated heterocycles. The van der Waals surface area contributed by atoms with Crippen LogP contribution in [-0.4, -0.2) is 5.84 Å². The largest absolute Gasteiger partial charge is 0.387 e. The first-order chi connectivity index (χ1) is 7.74. The van der Waals surface area contributed by atoms with E-state index < -0.39 is 0 Å². The number of aliphatic imine (C=N–C) groups is 1. The van der Waals surface area contributed by atoms with E-state index in [1.165, 1.54) is 12.8 Å². The van der Waals surface area contributed by atoms with Crippen molar-refractivity contribution in [1.29, 1.82) is 0 Å². The molecule has 2 N–H and O–H groups in total. The average molecular weight is 239 g/mol.